The maximum Gasteiger partial charge on any atom is 0.267 e. The van der Waals surface area contributed by atoms with Crippen molar-refractivity contribution in [3.05, 3.63) is 84.6 Å². The van der Waals surface area contributed by atoms with Crippen LogP contribution in [0, 0.1) is 0 Å². The molecule has 2 N–H and O–H groups in total. The summed E-state index contributed by atoms with van der Waals surface area (Å²) in [6.07, 6.45) is 1.49. The Morgan fingerprint density at radius 1 is 1.09 bits per heavy atom. The first kappa shape index (κ1) is 21.6. The number of carbonyl (C=O) groups is 2. The highest BCUT2D eigenvalue weighted by Gasteiger charge is 2.31. The number of nitrogens with one attached hydrogen (secondary N) is 2. The van der Waals surface area contributed by atoms with Gasteiger partial charge in [0.25, 0.3) is 5.91 Å². The normalized spacial score (nSPS) is 15.0. The molecule has 34 heavy (non-hydrogen) atoms. The Morgan fingerprint density at radius 2 is 1.88 bits per heavy atom. The van der Waals surface area contributed by atoms with E-state index in [2.05, 4.69) is 10.3 Å². The van der Waals surface area contributed by atoms with Crippen LogP contribution in [-0.4, -0.2) is 36.1 Å². The zero-order valence-electron chi connectivity index (χ0n) is 18.8. The van der Waals surface area contributed by atoms with Gasteiger partial charge in [0.1, 0.15) is 18.1 Å². The second-order valence-corrected chi connectivity index (χ2v) is 8.18. The molecule has 1 aliphatic heterocycles. The molecular formula is C27H25N3O4. The van der Waals surface area contributed by atoms with E-state index in [1.807, 2.05) is 60.8 Å². The van der Waals surface area contributed by atoms with Gasteiger partial charge in [-0.05, 0) is 42.8 Å². The highest BCUT2D eigenvalue weighted by Crippen LogP contribution is 2.36. The van der Waals surface area contributed by atoms with E-state index in [1.165, 1.54) is 0 Å². The van der Waals surface area contributed by atoms with Gasteiger partial charge < -0.3 is 24.7 Å². The Labute approximate surface area is 197 Å². The number of hydrogen-bond acceptors (Lipinski definition) is 4. The molecule has 0 aliphatic carbocycles. The molecule has 2 amide bonds. The average Bonchev–Trinajstić information content (AvgIpc) is 3.25. The van der Waals surface area contributed by atoms with Gasteiger partial charge in [-0.1, -0.05) is 36.4 Å². The third-order valence-corrected chi connectivity index (χ3v) is 5.80. The number of rotatable bonds is 7. The molecule has 1 atom stereocenters. The topological polar surface area (TPSA) is 83.7 Å². The second-order valence-electron chi connectivity index (χ2n) is 8.18. The Balaban J connectivity index is 1.27. The molecule has 2 heterocycles. The molecule has 1 aromatic heterocycles. The molecule has 0 radical (unpaired) electrons. The zero-order chi connectivity index (χ0) is 23.5. The Hall–Kier alpha value is -4.26. The van der Waals surface area contributed by atoms with Gasteiger partial charge in [0.2, 0.25) is 5.91 Å². The van der Waals surface area contributed by atoms with Crippen molar-refractivity contribution in [1.29, 1.82) is 0 Å². The van der Waals surface area contributed by atoms with Gasteiger partial charge >= 0.3 is 0 Å². The van der Waals surface area contributed by atoms with E-state index in [1.54, 1.807) is 30.0 Å². The monoisotopic (exact) mass is 455 g/mol. The number of H-pyrrole nitrogens is 1. The summed E-state index contributed by atoms with van der Waals surface area (Å²) in [4.78, 5) is 30.3. The third kappa shape index (κ3) is 4.45. The fraction of sp³-hybridized carbons (Fsp3) is 0.185. The van der Waals surface area contributed by atoms with Crippen molar-refractivity contribution in [3.63, 3.8) is 0 Å². The Bertz CT molecular complexity index is 1330. The molecule has 0 saturated heterocycles. The third-order valence-electron chi connectivity index (χ3n) is 5.80. The number of carbonyl (C=O) groups excluding carboxylic acids is 2. The number of benzene rings is 3. The van der Waals surface area contributed by atoms with E-state index in [4.69, 9.17) is 9.47 Å². The van der Waals surface area contributed by atoms with Crippen LogP contribution >= 0.6 is 0 Å². The van der Waals surface area contributed by atoms with Gasteiger partial charge in [-0.25, -0.2) is 0 Å². The van der Waals surface area contributed by atoms with Gasteiger partial charge in [0.05, 0.1) is 18.7 Å². The highest BCUT2D eigenvalue weighted by molar-refractivity contribution is 6.01. The van der Waals surface area contributed by atoms with E-state index in [0.717, 1.165) is 22.2 Å². The van der Waals surface area contributed by atoms with E-state index in [9.17, 15) is 9.59 Å². The lowest BCUT2D eigenvalue weighted by molar-refractivity contribution is -0.125. The van der Waals surface area contributed by atoms with Gasteiger partial charge in [-0.2, -0.15) is 0 Å². The Morgan fingerprint density at radius 3 is 2.74 bits per heavy atom. The smallest absolute Gasteiger partial charge is 0.267 e. The van der Waals surface area contributed by atoms with Crippen molar-refractivity contribution >= 4 is 34.1 Å². The molecule has 3 aromatic carbocycles. The SMILES string of the molecule is CC1Oc2cc(NC(=O)Cc3c[nH]c4ccccc34)ccc2N(CCOc2ccccc2)C1=O. The number of aromatic amines is 1. The fourth-order valence-electron chi connectivity index (χ4n) is 4.15. The Kier molecular flexibility index (Phi) is 5.91. The van der Waals surface area contributed by atoms with Crippen LogP contribution in [0.2, 0.25) is 0 Å². The van der Waals surface area contributed by atoms with Crippen LogP contribution < -0.4 is 19.7 Å². The van der Waals surface area contributed by atoms with Crippen LogP contribution in [0.25, 0.3) is 10.9 Å². The minimum absolute atomic E-state index is 0.125. The van der Waals surface area contributed by atoms with E-state index < -0.39 is 6.10 Å². The van der Waals surface area contributed by atoms with E-state index in [0.29, 0.717) is 30.3 Å². The molecule has 0 saturated carbocycles. The molecule has 1 unspecified atom stereocenters. The van der Waals surface area contributed by atoms with Crippen molar-refractivity contribution in [2.24, 2.45) is 0 Å². The minimum atomic E-state index is -0.624. The van der Waals surface area contributed by atoms with Gasteiger partial charge in [-0.15, -0.1) is 0 Å². The summed E-state index contributed by atoms with van der Waals surface area (Å²) in [6, 6.07) is 22.7. The van der Waals surface area contributed by atoms with Crippen LogP contribution in [0.4, 0.5) is 11.4 Å². The number of amides is 2. The summed E-state index contributed by atoms with van der Waals surface area (Å²) in [5, 5.41) is 3.97. The quantitative estimate of drug-likeness (QED) is 0.429. The molecule has 7 nitrogen and oxygen atoms in total. The highest BCUT2D eigenvalue weighted by atomic mass is 16.5. The number of ether oxygens (including phenoxy) is 2. The predicted octanol–water partition coefficient (Wildman–Crippen LogP) is 4.54. The predicted molar refractivity (Wildman–Crippen MR) is 131 cm³/mol. The molecule has 172 valence electrons. The van der Waals surface area contributed by atoms with Gasteiger partial charge in [-0.3, -0.25) is 9.59 Å². The minimum Gasteiger partial charge on any atom is -0.492 e. The first-order valence-corrected chi connectivity index (χ1v) is 11.2. The summed E-state index contributed by atoms with van der Waals surface area (Å²) < 4.78 is 11.6. The summed E-state index contributed by atoms with van der Waals surface area (Å²) in [7, 11) is 0. The maximum atomic E-state index is 12.8. The molecule has 7 heteroatoms. The fourth-order valence-corrected chi connectivity index (χ4v) is 4.15. The first-order valence-electron chi connectivity index (χ1n) is 11.2. The largest absolute Gasteiger partial charge is 0.492 e. The number of fused-ring (bicyclic) bond motifs is 2. The van der Waals surface area contributed by atoms with Crippen molar-refractivity contribution in [3.8, 4) is 11.5 Å². The lowest BCUT2D eigenvalue weighted by Gasteiger charge is -2.33. The maximum absolute atomic E-state index is 12.8. The van der Waals surface area contributed by atoms with Crippen LogP contribution in [0.3, 0.4) is 0 Å². The summed E-state index contributed by atoms with van der Waals surface area (Å²) in [5.41, 5.74) is 3.22. The van der Waals surface area contributed by atoms with Crippen LogP contribution in [-0.2, 0) is 16.0 Å². The molecular weight excluding hydrogens is 430 g/mol. The van der Waals surface area contributed by atoms with Crippen molar-refractivity contribution in [2.75, 3.05) is 23.4 Å². The van der Waals surface area contributed by atoms with Crippen LogP contribution in [0.5, 0.6) is 11.5 Å². The van der Waals surface area contributed by atoms with Crippen molar-refractivity contribution in [2.45, 2.75) is 19.4 Å². The molecule has 0 fully saturated rings. The summed E-state index contributed by atoms with van der Waals surface area (Å²) in [6.45, 7) is 2.46. The summed E-state index contributed by atoms with van der Waals surface area (Å²) in [5.74, 6) is 1.06. The van der Waals surface area contributed by atoms with Gasteiger partial charge in [0, 0.05) is 28.9 Å². The van der Waals surface area contributed by atoms with Crippen LogP contribution in [0.1, 0.15) is 12.5 Å². The molecule has 5 rings (SSSR count). The second kappa shape index (κ2) is 9.31. The van der Waals surface area contributed by atoms with Crippen molar-refractivity contribution in [1.82, 2.24) is 4.98 Å². The summed E-state index contributed by atoms with van der Waals surface area (Å²) >= 11 is 0. The average molecular weight is 456 g/mol. The van der Waals surface area contributed by atoms with Crippen molar-refractivity contribution < 1.29 is 19.1 Å². The van der Waals surface area contributed by atoms with Crippen LogP contribution in [0.15, 0.2) is 79.0 Å². The first-order chi connectivity index (χ1) is 16.6. The van der Waals surface area contributed by atoms with Gasteiger partial charge in [0.15, 0.2) is 6.10 Å². The zero-order valence-corrected chi connectivity index (χ0v) is 18.8. The number of para-hydroxylation sites is 2. The molecule has 0 bridgehead atoms. The lowest BCUT2D eigenvalue weighted by Crippen LogP contribution is -2.46. The van der Waals surface area contributed by atoms with E-state index >= 15 is 0 Å². The molecule has 1 aliphatic rings. The number of hydrogen-bond donors (Lipinski definition) is 2. The molecule has 0 spiro atoms. The number of anilines is 2. The number of aromatic nitrogens is 1. The lowest BCUT2D eigenvalue weighted by atomic mass is 10.1. The van der Waals surface area contributed by atoms with E-state index in [-0.39, 0.29) is 18.2 Å². The standard InChI is InChI=1S/C27H25N3O4/c1-18-27(32)30(13-14-33-21-7-3-2-4-8-21)24-12-11-20(16-25(24)34-18)29-26(31)15-19-17-28-23-10-6-5-9-22(19)23/h2-12,16-18,28H,13-15H2,1H3,(H,29,31). The molecule has 4 aromatic rings. The number of nitrogens with zero attached hydrogens (tertiary/aromatic N) is 1.